The Bertz CT molecular complexity index is 475. The molecule has 0 saturated heterocycles. The molecule has 1 aromatic rings. The minimum Gasteiger partial charge on any atom is -0.207 e. The fraction of sp³-hybridized carbons (Fsp3) is 0.667. The lowest BCUT2D eigenvalue weighted by Gasteiger charge is -2.58. The van der Waals surface area contributed by atoms with Crippen LogP contribution in [-0.4, -0.2) is 5.38 Å². The van der Waals surface area contributed by atoms with Gasteiger partial charge in [0, 0.05) is 5.38 Å². The van der Waals surface area contributed by atoms with E-state index in [0.29, 0.717) is 11.8 Å². The van der Waals surface area contributed by atoms with E-state index in [1.807, 2.05) is 12.1 Å². The molecule has 0 aromatic heterocycles. The quantitative estimate of drug-likeness (QED) is 0.672. The fourth-order valence-electron chi connectivity index (χ4n) is 5.63. The molecular formula is C18H22ClF. The highest BCUT2D eigenvalue weighted by Crippen LogP contribution is 2.62. The average molecular weight is 293 g/mol. The van der Waals surface area contributed by atoms with Gasteiger partial charge in [-0.25, -0.2) is 4.39 Å². The van der Waals surface area contributed by atoms with Crippen LogP contribution in [0.1, 0.15) is 44.1 Å². The lowest BCUT2D eigenvalue weighted by molar-refractivity contribution is -0.0545. The maximum absolute atomic E-state index is 13.9. The Morgan fingerprint density at radius 2 is 1.60 bits per heavy atom. The summed E-state index contributed by atoms with van der Waals surface area (Å²) in [5, 5.41) is 0.104. The van der Waals surface area contributed by atoms with Gasteiger partial charge in [0.05, 0.1) is 0 Å². The Kier molecular flexibility index (Phi) is 3.10. The van der Waals surface area contributed by atoms with E-state index in [1.165, 1.54) is 38.5 Å². The smallest absolute Gasteiger partial charge is 0.126 e. The van der Waals surface area contributed by atoms with Crippen LogP contribution < -0.4 is 0 Å². The first kappa shape index (κ1) is 13.1. The van der Waals surface area contributed by atoms with Crippen LogP contribution in [0.3, 0.4) is 0 Å². The summed E-state index contributed by atoms with van der Waals surface area (Å²) >= 11 is 6.84. The molecule has 20 heavy (non-hydrogen) atoms. The molecule has 5 rings (SSSR count). The zero-order valence-electron chi connectivity index (χ0n) is 11.8. The lowest BCUT2D eigenvalue weighted by Crippen LogP contribution is -2.50. The Balaban J connectivity index is 1.56. The molecule has 0 spiro atoms. The third-order valence-corrected chi connectivity index (χ3v) is 6.72. The second-order valence-corrected chi connectivity index (χ2v) is 8.07. The molecule has 2 heteroatoms. The van der Waals surface area contributed by atoms with Gasteiger partial charge in [0.25, 0.3) is 0 Å². The normalized spacial score (nSPS) is 40.0. The molecule has 4 aliphatic rings. The van der Waals surface area contributed by atoms with Gasteiger partial charge in [-0.05, 0) is 79.7 Å². The molecule has 1 unspecified atom stereocenters. The van der Waals surface area contributed by atoms with Crippen molar-refractivity contribution in [2.75, 3.05) is 0 Å². The second-order valence-electron chi connectivity index (χ2n) is 7.54. The molecule has 0 nitrogen and oxygen atoms in total. The average Bonchev–Trinajstić information content (AvgIpc) is 2.40. The third kappa shape index (κ3) is 2.09. The van der Waals surface area contributed by atoms with Gasteiger partial charge in [-0.2, -0.15) is 0 Å². The first-order chi connectivity index (χ1) is 9.64. The Hall–Kier alpha value is -0.560. The number of hydrogen-bond acceptors (Lipinski definition) is 0. The predicted molar refractivity (Wildman–Crippen MR) is 80.4 cm³/mol. The summed E-state index contributed by atoms with van der Waals surface area (Å²) in [7, 11) is 0. The summed E-state index contributed by atoms with van der Waals surface area (Å²) in [5.74, 6) is 2.62. The molecule has 1 aromatic carbocycles. The Labute approximate surface area is 125 Å². The van der Waals surface area contributed by atoms with Gasteiger partial charge in [0.15, 0.2) is 0 Å². The van der Waals surface area contributed by atoms with Gasteiger partial charge in [-0.3, -0.25) is 0 Å². The molecule has 4 aliphatic carbocycles. The van der Waals surface area contributed by atoms with Gasteiger partial charge in [-0.15, -0.1) is 11.6 Å². The summed E-state index contributed by atoms with van der Waals surface area (Å²) in [6.07, 6.45) is 8.87. The van der Waals surface area contributed by atoms with Crippen molar-refractivity contribution >= 4 is 11.6 Å². The van der Waals surface area contributed by atoms with Crippen molar-refractivity contribution in [2.24, 2.45) is 23.2 Å². The van der Waals surface area contributed by atoms with Crippen molar-refractivity contribution in [3.63, 3.8) is 0 Å². The Morgan fingerprint density at radius 3 is 2.15 bits per heavy atom. The summed E-state index contributed by atoms with van der Waals surface area (Å²) in [6.45, 7) is 0. The van der Waals surface area contributed by atoms with Crippen molar-refractivity contribution in [1.82, 2.24) is 0 Å². The molecule has 0 heterocycles. The molecule has 0 N–H and O–H groups in total. The SMILES string of the molecule is Fc1ccccc1CC(Cl)C12CC3CC(CC(C3)C1)C2. The maximum atomic E-state index is 13.9. The highest BCUT2D eigenvalue weighted by molar-refractivity contribution is 6.21. The van der Waals surface area contributed by atoms with E-state index in [-0.39, 0.29) is 11.2 Å². The number of halogens is 2. The van der Waals surface area contributed by atoms with E-state index in [1.54, 1.807) is 12.1 Å². The molecule has 0 radical (unpaired) electrons. The largest absolute Gasteiger partial charge is 0.207 e. The maximum Gasteiger partial charge on any atom is 0.126 e. The zero-order valence-corrected chi connectivity index (χ0v) is 12.6. The molecule has 1 atom stereocenters. The van der Waals surface area contributed by atoms with Gasteiger partial charge < -0.3 is 0 Å². The highest BCUT2D eigenvalue weighted by Gasteiger charge is 2.53. The molecule has 4 bridgehead atoms. The van der Waals surface area contributed by atoms with E-state index in [0.717, 1.165) is 23.3 Å². The van der Waals surface area contributed by atoms with E-state index >= 15 is 0 Å². The standard InChI is InChI=1S/C18H22ClF/c19-17(8-15-3-1-2-4-16(15)20)18-9-12-5-13(10-18)7-14(6-12)11-18/h1-4,12-14,17H,5-11H2. The molecular weight excluding hydrogens is 271 g/mol. The van der Waals surface area contributed by atoms with Crippen LogP contribution in [0.5, 0.6) is 0 Å². The predicted octanol–water partition coefficient (Wildman–Crippen LogP) is 5.19. The lowest BCUT2D eigenvalue weighted by atomic mass is 9.48. The van der Waals surface area contributed by atoms with Crippen molar-refractivity contribution < 1.29 is 4.39 Å². The first-order valence-electron chi connectivity index (χ1n) is 8.02. The molecule has 0 amide bonds. The van der Waals surface area contributed by atoms with Crippen LogP contribution in [0.2, 0.25) is 0 Å². The van der Waals surface area contributed by atoms with Crippen LogP contribution in [0, 0.1) is 29.0 Å². The topological polar surface area (TPSA) is 0 Å². The summed E-state index contributed by atoms with van der Waals surface area (Å²) in [6, 6.07) is 7.12. The molecule has 0 aliphatic heterocycles. The summed E-state index contributed by atoms with van der Waals surface area (Å²) in [4.78, 5) is 0. The number of benzene rings is 1. The third-order valence-electron chi connectivity index (χ3n) is 6.11. The minimum atomic E-state index is -0.0946. The van der Waals surface area contributed by atoms with Crippen LogP contribution in [0.15, 0.2) is 24.3 Å². The molecule has 4 saturated carbocycles. The second kappa shape index (κ2) is 4.73. The number of hydrogen-bond donors (Lipinski definition) is 0. The van der Waals surface area contributed by atoms with E-state index in [9.17, 15) is 4.39 Å². The van der Waals surface area contributed by atoms with E-state index in [4.69, 9.17) is 11.6 Å². The highest BCUT2D eigenvalue weighted by atomic mass is 35.5. The zero-order chi connectivity index (χ0) is 13.7. The number of rotatable bonds is 3. The van der Waals surface area contributed by atoms with Crippen LogP contribution >= 0.6 is 11.6 Å². The number of alkyl halides is 1. The summed E-state index contributed by atoms with van der Waals surface area (Å²) in [5.41, 5.74) is 1.10. The van der Waals surface area contributed by atoms with Crippen LogP contribution in [-0.2, 0) is 6.42 Å². The van der Waals surface area contributed by atoms with Crippen molar-refractivity contribution in [1.29, 1.82) is 0 Å². The monoisotopic (exact) mass is 292 g/mol. The summed E-state index contributed by atoms with van der Waals surface area (Å²) < 4.78 is 13.9. The van der Waals surface area contributed by atoms with Gasteiger partial charge >= 0.3 is 0 Å². The fourth-order valence-corrected chi connectivity index (χ4v) is 6.07. The van der Waals surface area contributed by atoms with Crippen molar-refractivity contribution in [3.05, 3.63) is 35.6 Å². The van der Waals surface area contributed by atoms with Gasteiger partial charge in [-0.1, -0.05) is 18.2 Å². The minimum absolute atomic E-state index is 0.0946. The van der Waals surface area contributed by atoms with Crippen molar-refractivity contribution in [2.45, 2.75) is 50.3 Å². The van der Waals surface area contributed by atoms with Gasteiger partial charge in [0.2, 0.25) is 0 Å². The van der Waals surface area contributed by atoms with Crippen LogP contribution in [0.25, 0.3) is 0 Å². The Morgan fingerprint density at radius 1 is 1.05 bits per heavy atom. The molecule has 108 valence electrons. The van der Waals surface area contributed by atoms with Crippen molar-refractivity contribution in [3.8, 4) is 0 Å². The first-order valence-corrected chi connectivity index (χ1v) is 8.46. The van der Waals surface area contributed by atoms with E-state index < -0.39 is 0 Å². The van der Waals surface area contributed by atoms with Gasteiger partial charge in [0.1, 0.15) is 5.82 Å². The molecule has 4 fully saturated rings. The van der Waals surface area contributed by atoms with E-state index in [2.05, 4.69) is 0 Å². The van der Waals surface area contributed by atoms with Crippen LogP contribution in [0.4, 0.5) is 4.39 Å².